The van der Waals surface area contributed by atoms with Gasteiger partial charge in [-0.2, -0.15) is 0 Å². The lowest BCUT2D eigenvalue weighted by atomic mass is 9.57. The Hall–Kier alpha value is -0.930. The van der Waals surface area contributed by atoms with Crippen LogP contribution in [0.15, 0.2) is 24.4 Å². The molecule has 3 rings (SSSR count). The van der Waals surface area contributed by atoms with Gasteiger partial charge >= 0.3 is 0 Å². The average molecular weight is 260 g/mol. The Bertz CT molecular complexity index is 432. The largest absolute Gasteiger partial charge is 0.377 e. The van der Waals surface area contributed by atoms with E-state index in [9.17, 15) is 0 Å². The Balaban J connectivity index is 1.60. The molecule has 1 aromatic heterocycles. The molecule has 1 saturated carbocycles. The summed E-state index contributed by atoms with van der Waals surface area (Å²) in [6.45, 7) is 6.72. The van der Waals surface area contributed by atoms with E-state index in [0.29, 0.717) is 17.6 Å². The van der Waals surface area contributed by atoms with Crippen LogP contribution in [0.2, 0.25) is 0 Å². The molecule has 0 spiro atoms. The van der Waals surface area contributed by atoms with Gasteiger partial charge < -0.3 is 9.64 Å². The van der Waals surface area contributed by atoms with Gasteiger partial charge in [-0.05, 0) is 25.6 Å². The third-order valence-corrected chi connectivity index (χ3v) is 4.96. The molecule has 2 aliphatic rings. The van der Waals surface area contributed by atoms with Crippen LogP contribution in [0.5, 0.6) is 0 Å². The van der Waals surface area contributed by atoms with Crippen molar-refractivity contribution in [2.45, 2.75) is 38.8 Å². The number of hydrogen-bond donors (Lipinski definition) is 0. The molecule has 3 nitrogen and oxygen atoms in total. The van der Waals surface area contributed by atoms with E-state index in [1.54, 1.807) is 0 Å². The lowest BCUT2D eigenvalue weighted by molar-refractivity contribution is -0.149. The Morgan fingerprint density at radius 2 is 2.26 bits per heavy atom. The van der Waals surface area contributed by atoms with E-state index in [1.165, 1.54) is 12.1 Å². The molecule has 1 aliphatic heterocycles. The molecule has 19 heavy (non-hydrogen) atoms. The first-order valence-corrected chi connectivity index (χ1v) is 7.32. The molecule has 3 atom stereocenters. The molecular weight excluding hydrogens is 236 g/mol. The van der Waals surface area contributed by atoms with E-state index >= 15 is 0 Å². The summed E-state index contributed by atoms with van der Waals surface area (Å²) < 4.78 is 5.87. The number of aromatic nitrogens is 1. The topological polar surface area (TPSA) is 25.4 Å². The summed E-state index contributed by atoms with van der Waals surface area (Å²) in [6, 6.07) is 6.81. The zero-order valence-electron chi connectivity index (χ0n) is 12.2. The molecule has 104 valence electrons. The molecule has 1 aromatic rings. The van der Waals surface area contributed by atoms with Gasteiger partial charge in [-0.25, -0.2) is 0 Å². The Morgan fingerprint density at radius 3 is 3.00 bits per heavy atom. The van der Waals surface area contributed by atoms with Crippen LogP contribution in [0.1, 0.15) is 26.0 Å². The summed E-state index contributed by atoms with van der Waals surface area (Å²) in [4.78, 5) is 6.92. The van der Waals surface area contributed by atoms with E-state index in [-0.39, 0.29) is 0 Å². The van der Waals surface area contributed by atoms with Crippen molar-refractivity contribution in [3.63, 3.8) is 0 Å². The SMILES string of the molecule is CN(CCc1ccccn1)C1C2CCOC2C1(C)C. The number of hydrogen-bond acceptors (Lipinski definition) is 3. The second-order valence-electron chi connectivity index (χ2n) is 6.56. The van der Waals surface area contributed by atoms with Crippen molar-refractivity contribution >= 4 is 0 Å². The normalized spacial score (nSPS) is 32.1. The van der Waals surface area contributed by atoms with Crippen LogP contribution in [0.4, 0.5) is 0 Å². The molecule has 3 unspecified atom stereocenters. The highest BCUT2D eigenvalue weighted by Crippen LogP contribution is 2.54. The van der Waals surface area contributed by atoms with Gasteiger partial charge in [0.2, 0.25) is 0 Å². The highest BCUT2D eigenvalue weighted by atomic mass is 16.5. The van der Waals surface area contributed by atoms with Crippen LogP contribution in [0, 0.1) is 11.3 Å². The first-order valence-electron chi connectivity index (χ1n) is 7.32. The minimum Gasteiger partial charge on any atom is -0.377 e. The van der Waals surface area contributed by atoms with Crippen LogP contribution >= 0.6 is 0 Å². The summed E-state index contributed by atoms with van der Waals surface area (Å²) in [6.07, 6.45) is 4.62. The molecule has 0 radical (unpaired) electrons. The van der Waals surface area contributed by atoms with Crippen LogP contribution < -0.4 is 0 Å². The second kappa shape index (κ2) is 4.88. The van der Waals surface area contributed by atoms with Crippen molar-refractivity contribution in [1.82, 2.24) is 9.88 Å². The van der Waals surface area contributed by atoms with Crippen LogP contribution in [0.25, 0.3) is 0 Å². The summed E-state index contributed by atoms with van der Waals surface area (Å²) in [5, 5.41) is 0. The molecule has 3 heteroatoms. The highest BCUT2D eigenvalue weighted by Gasteiger charge is 2.60. The lowest BCUT2D eigenvalue weighted by Gasteiger charge is -2.58. The fourth-order valence-corrected chi connectivity index (χ4v) is 4.17. The quantitative estimate of drug-likeness (QED) is 0.831. The van der Waals surface area contributed by atoms with E-state index in [2.05, 4.69) is 42.9 Å². The van der Waals surface area contributed by atoms with Crippen LogP contribution in [-0.4, -0.2) is 42.2 Å². The predicted molar refractivity (Wildman–Crippen MR) is 76.0 cm³/mol. The molecule has 0 bridgehead atoms. The van der Waals surface area contributed by atoms with Crippen molar-refractivity contribution in [3.8, 4) is 0 Å². The highest BCUT2D eigenvalue weighted by molar-refractivity contribution is 5.12. The summed E-state index contributed by atoms with van der Waals surface area (Å²) in [7, 11) is 2.25. The minimum atomic E-state index is 0.292. The van der Waals surface area contributed by atoms with Crippen molar-refractivity contribution in [1.29, 1.82) is 0 Å². The van der Waals surface area contributed by atoms with Gasteiger partial charge in [0.05, 0.1) is 6.10 Å². The fraction of sp³-hybridized carbons (Fsp3) is 0.688. The maximum Gasteiger partial charge on any atom is 0.0685 e. The monoisotopic (exact) mass is 260 g/mol. The van der Waals surface area contributed by atoms with Gasteiger partial charge in [-0.3, -0.25) is 4.98 Å². The number of rotatable bonds is 4. The van der Waals surface area contributed by atoms with Crippen LogP contribution in [0.3, 0.4) is 0 Å². The maximum absolute atomic E-state index is 5.87. The molecule has 1 saturated heterocycles. The standard InChI is InChI=1S/C16H24N2O/c1-16(2)14(13-8-11-19-15(13)16)18(3)10-7-12-6-4-5-9-17-12/h4-6,9,13-15H,7-8,10-11H2,1-3H3. The predicted octanol–water partition coefficient (Wildman–Crippen LogP) is 2.37. The maximum atomic E-state index is 5.87. The van der Waals surface area contributed by atoms with Crippen molar-refractivity contribution in [3.05, 3.63) is 30.1 Å². The van der Waals surface area contributed by atoms with Gasteiger partial charge in [0.15, 0.2) is 0 Å². The Morgan fingerprint density at radius 1 is 1.42 bits per heavy atom. The Labute approximate surface area is 116 Å². The van der Waals surface area contributed by atoms with Gasteiger partial charge in [0.1, 0.15) is 0 Å². The van der Waals surface area contributed by atoms with Crippen molar-refractivity contribution in [2.24, 2.45) is 11.3 Å². The third-order valence-electron chi connectivity index (χ3n) is 4.96. The molecule has 0 N–H and O–H groups in total. The zero-order valence-corrected chi connectivity index (χ0v) is 12.2. The van der Waals surface area contributed by atoms with E-state index in [1.807, 2.05) is 12.3 Å². The second-order valence-corrected chi connectivity index (χ2v) is 6.56. The first kappa shape index (κ1) is 13.1. The van der Waals surface area contributed by atoms with E-state index in [0.717, 1.165) is 25.5 Å². The van der Waals surface area contributed by atoms with Gasteiger partial charge in [-0.15, -0.1) is 0 Å². The molecule has 0 amide bonds. The van der Waals surface area contributed by atoms with Gasteiger partial charge in [0.25, 0.3) is 0 Å². The lowest BCUT2D eigenvalue weighted by Crippen LogP contribution is -2.66. The molecule has 2 fully saturated rings. The number of likely N-dealkylation sites (N-methyl/N-ethyl adjacent to an activating group) is 1. The smallest absolute Gasteiger partial charge is 0.0685 e. The minimum absolute atomic E-state index is 0.292. The summed E-state index contributed by atoms with van der Waals surface area (Å²) in [5.41, 5.74) is 1.48. The molecular formula is C16H24N2O. The summed E-state index contributed by atoms with van der Waals surface area (Å²) in [5.74, 6) is 0.740. The van der Waals surface area contributed by atoms with Crippen molar-refractivity contribution < 1.29 is 4.74 Å². The van der Waals surface area contributed by atoms with E-state index in [4.69, 9.17) is 4.74 Å². The fourth-order valence-electron chi connectivity index (χ4n) is 4.17. The Kier molecular flexibility index (Phi) is 3.35. The van der Waals surface area contributed by atoms with Gasteiger partial charge in [0, 0.05) is 48.8 Å². The van der Waals surface area contributed by atoms with Crippen LogP contribution in [-0.2, 0) is 11.2 Å². The van der Waals surface area contributed by atoms with Crippen molar-refractivity contribution in [2.75, 3.05) is 20.2 Å². The molecule has 1 aliphatic carbocycles. The first-order chi connectivity index (χ1) is 9.10. The third kappa shape index (κ3) is 2.19. The number of ether oxygens (including phenoxy) is 1. The van der Waals surface area contributed by atoms with Gasteiger partial charge in [-0.1, -0.05) is 19.9 Å². The zero-order chi connectivity index (χ0) is 13.5. The molecule has 2 heterocycles. The van der Waals surface area contributed by atoms with E-state index < -0.39 is 0 Å². The average Bonchev–Trinajstić information content (AvgIpc) is 2.83. The number of pyridine rings is 1. The number of nitrogens with zero attached hydrogens (tertiary/aromatic N) is 2. The summed E-state index contributed by atoms with van der Waals surface area (Å²) >= 11 is 0. The number of fused-ring (bicyclic) bond motifs is 1. The molecule has 0 aromatic carbocycles.